The predicted molar refractivity (Wildman–Crippen MR) is 134 cm³/mol. The van der Waals surface area contributed by atoms with E-state index in [1.54, 1.807) is 12.1 Å². The molecule has 37 heavy (non-hydrogen) atoms. The SMILES string of the molecule is C=C(NNC(=O)C(Cc1ccc(O)cc1)NC(=O)c1cc([N+](=O)[O-])cc([N+](=O)[O-])c1)c1ccc(C)cc1. The van der Waals surface area contributed by atoms with Crippen LogP contribution in [-0.4, -0.2) is 32.8 Å². The molecule has 0 saturated carbocycles. The van der Waals surface area contributed by atoms with Crippen molar-refractivity contribution in [2.24, 2.45) is 0 Å². The van der Waals surface area contributed by atoms with E-state index in [0.29, 0.717) is 16.8 Å². The van der Waals surface area contributed by atoms with E-state index < -0.39 is 39.1 Å². The second-order valence-electron chi connectivity index (χ2n) is 8.11. The molecule has 0 bridgehead atoms. The van der Waals surface area contributed by atoms with Crippen LogP contribution in [0.4, 0.5) is 11.4 Å². The van der Waals surface area contributed by atoms with Crippen LogP contribution in [0.5, 0.6) is 5.75 Å². The molecule has 0 saturated heterocycles. The fourth-order valence-electron chi connectivity index (χ4n) is 3.31. The van der Waals surface area contributed by atoms with Crippen LogP contribution in [0.2, 0.25) is 0 Å². The van der Waals surface area contributed by atoms with Crippen LogP contribution in [0.1, 0.15) is 27.0 Å². The number of non-ortho nitro benzene ring substituents is 2. The maximum Gasteiger partial charge on any atom is 0.277 e. The van der Waals surface area contributed by atoms with Gasteiger partial charge in [0, 0.05) is 18.6 Å². The summed E-state index contributed by atoms with van der Waals surface area (Å²) in [5.74, 6) is -1.59. The fraction of sp³-hybridized carbons (Fsp3) is 0.120. The molecule has 3 aromatic rings. The summed E-state index contributed by atoms with van der Waals surface area (Å²) in [5.41, 5.74) is 6.25. The van der Waals surface area contributed by atoms with Crippen LogP contribution in [0.25, 0.3) is 5.70 Å². The van der Waals surface area contributed by atoms with Crippen LogP contribution in [0.3, 0.4) is 0 Å². The van der Waals surface area contributed by atoms with Crippen LogP contribution in [0, 0.1) is 27.2 Å². The highest BCUT2D eigenvalue weighted by molar-refractivity contribution is 5.98. The molecule has 1 unspecified atom stereocenters. The fourth-order valence-corrected chi connectivity index (χ4v) is 3.31. The summed E-state index contributed by atoms with van der Waals surface area (Å²) >= 11 is 0. The van der Waals surface area contributed by atoms with Crippen molar-refractivity contribution < 1.29 is 24.5 Å². The quantitative estimate of drug-likeness (QED) is 0.240. The van der Waals surface area contributed by atoms with Gasteiger partial charge in [-0.1, -0.05) is 48.5 Å². The first-order valence-electron chi connectivity index (χ1n) is 10.9. The summed E-state index contributed by atoms with van der Waals surface area (Å²) in [6.07, 6.45) is -0.0203. The Morgan fingerprint density at radius 1 is 0.892 bits per heavy atom. The van der Waals surface area contributed by atoms with Gasteiger partial charge >= 0.3 is 0 Å². The topological polar surface area (TPSA) is 177 Å². The third-order valence-electron chi connectivity index (χ3n) is 5.32. The Kier molecular flexibility index (Phi) is 8.15. The molecule has 0 fully saturated rings. The third-order valence-corrected chi connectivity index (χ3v) is 5.32. The predicted octanol–water partition coefficient (Wildman–Crippen LogP) is 3.15. The number of hydrogen-bond acceptors (Lipinski definition) is 8. The molecule has 0 radical (unpaired) electrons. The average Bonchev–Trinajstić information content (AvgIpc) is 2.87. The Hall–Kier alpha value is -5.26. The Bertz CT molecular complexity index is 1320. The van der Waals surface area contributed by atoms with Gasteiger partial charge in [-0.05, 0) is 30.2 Å². The molecule has 1 atom stereocenters. The lowest BCUT2D eigenvalue weighted by atomic mass is 10.0. The number of amides is 2. The molecule has 0 aliphatic rings. The van der Waals surface area contributed by atoms with E-state index in [9.17, 15) is 34.9 Å². The van der Waals surface area contributed by atoms with Crippen molar-refractivity contribution in [3.8, 4) is 5.75 Å². The van der Waals surface area contributed by atoms with E-state index in [4.69, 9.17) is 0 Å². The zero-order chi connectivity index (χ0) is 27.1. The van der Waals surface area contributed by atoms with Crippen LogP contribution >= 0.6 is 0 Å². The number of nitrogens with one attached hydrogen (secondary N) is 3. The van der Waals surface area contributed by atoms with Crippen molar-refractivity contribution >= 4 is 28.9 Å². The number of carbonyl (C=O) groups is 2. The minimum atomic E-state index is -1.20. The summed E-state index contributed by atoms with van der Waals surface area (Å²) in [5, 5.41) is 34.4. The molecular weight excluding hydrogens is 482 g/mol. The molecule has 0 heterocycles. The summed E-state index contributed by atoms with van der Waals surface area (Å²) in [6, 6.07) is 14.6. The summed E-state index contributed by atoms with van der Waals surface area (Å²) < 4.78 is 0. The zero-order valence-corrected chi connectivity index (χ0v) is 19.6. The van der Waals surface area contributed by atoms with E-state index in [2.05, 4.69) is 22.7 Å². The number of nitro benzene ring substituents is 2. The molecule has 12 heteroatoms. The monoisotopic (exact) mass is 505 g/mol. The van der Waals surface area contributed by atoms with Crippen molar-refractivity contribution in [2.75, 3.05) is 0 Å². The van der Waals surface area contributed by atoms with Gasteiger partial charge in [0.25, 0.3) is 23.2 Å². The number of aryl methyl sites for hydroxylation is 1. The highest BCUT2D eigenvalue weighted by Crippen LogP contribution is 2.23. The summed E-state index contributed by atoms with van der Waals surface area (Å²) in [7, 11) is 0. The van der Waals surface area contributed by atoms with Crippen molar-refractivity contribution in [1.29, 1.82) is 0 Å². The lowest BCUT2D eigenvalue weighted by Crippen LogP contribution is -2.51. The molecule has 0 aliphatic carbocycles. The molecule has 3 aromatic carbocycles. The van der Waals surface area contributed by atoms with Crippen molar-refractivity contribution in [3.63, 3.8) is 0 Å². The Morgan fingerprint density at radius 3 is 2.00 bits per heavy atom. The molecule has 12 nitrogen and oxygen atoms in total. The second kappa shape index (κ2) is 11.4. The second-order valence-corrected chi connectivity index (χ2v) is 8.11. The van der Waals surface area contributed by atoms with Crippen LogP contribution < -0.4 is 16.2 Å². The first-order valence-corrected chi connectivity index (χ1v) is 10.9. The maximum atomic E-state index is 13.0. The molecule has 2 amide bonds. The van der Waals surface area contributed by atoms with Gasteiger partial charge in [0.15, 0.2) is 0 Å². The first kappa shape index (κ1) is 26.3. The van der Waals surface area contributed by atoms with E-state index in [1.807, 2.05) is 31.2 Å². The van der Waals surface area contributed by atoms with Crippen LogP contribution in [-0.2, 0) is 11.2 Å². The van der Waals surface area contributed by atoms with Crippen molar-refractivity contribution in [1.82, 2.24) is 16.2 Å². The molecule has 4 N–H and O–H groups in total. The van der Waals surface area contributed by atoms with Gasteiger partial charge in [0.2, 0.25) is 0 Å². The summed E-state index contributed by atoms with van der Waals surface area (Å²) in [4.78, 5) is 46.6. The smallest absolute Gasteiger partial charge is 0.277 e. The number of phenolic OH excluding ortho intramolecular Hbond substituents is 1. The Labute approximate surface area is 210 Å². The number of aromatic hydroxyl groups is 1. The largest absolute Gasteiger partial charge is 0.508 e. The Morgan fingerprint density at radius 2 is 1.46 bits per heavy atom. The number of phenols is 1. The van der Waals surface area contributed by atoms with Gasteiger partial charge in [-0.25, -0.2) is 0 Å². The summed E-state index contributed by atoms with van der Waals surface area (Å²) in [6.45, 7) is 5.80. The molecule has 3 rings (SSSR count). The van der Waals surface area contributed by atoms with Crippen LogP contribution in [0.15, 0.2) is 73.3 Å². The first-order chi connectivity index (χ1) is 17.5. The highest BCUT2D eigenvalue weighted by Gasteiger charge is 2.25. The van der Waals surface area contributed by atoms with Gasteiger partial charge in [0.1, 0.15) is 11.8 Å². The number of hydrazine groups is 1. The van der Waals surface area contributed by atoms with Gasteiger partial charge in [0.05, 0.1) is 27.2 Å². The number of nitro groups is 2. The van der Waals surface area contributed by atoms with E-state index in [-0.39, 0.29) is 17.7 Å². The molecular formula is C25H23N5O7. The minimum absolute atomic E-state index is 0.00811. The average molecular weight is 505 g/mol. The molecule has 190 valence electrons. The lowest BCUT2D eigenvalue weighted by molar-refractivity contribution is -0.394. The van der Waals surface area contributed by atoms with Gasteiger partial charge < -0.3 is 10.4 Å². The van der Waals surface area contributed by atoms with Gasteiger partial charge in [-0.2, -0.15) is 0 Å². The lowest BCUT2D eigenvalue weighted by Gasteiger charge is -2.20. The number of benzene rings is 3. The number of rotatable bonds is 10. The number of nitrogens with zero attached hydrogens (tertiary/aromatic N) is 2. The van der Waals surface area contributed by atoms with E-state index in [0.717, 1.165) is 23.8 Å². The van der Waals surface area contributed by atoms with E-state index in [1.165, 1.54) is 12.1 Å². The minimum Gasteiger partial charge on any atom is -0.508 e. The number of hydrogen-bond donors (Lipinski definition) is 4. The number of carbonyl (C=O) groups excluding carboxylic acids is 2. The Balaban J connectivity index is 1.82. The van der Waals surface area contributed by atoms with Crippen molar-refractivity contribution in [3.05, 3.63) is 116 Å². The highest BCUT2D eigenvalue weighted by atomic mass is 16.6. The normalized spacial score (nSPS) is 11.2. The standard InChI is InChI=1S/C25H23N5O7/c1-15-3-7-18(8-4-15)16(2)27-28-25(33)23(11-17-5-9-22(31)10-6-17)26-24(32)19-12-20(29(34)35)14-21(13-19)30(36)37/h3-10,12-14,23,27,31H,2,11H2,1H3,(H,26,32)(H,28,33). The molecule has 0 spiro atoms. The molecule has 0 aliphatic heterocycles. The van der Waals surface area contributed by atoms with E-state index >= 15 is 0 Å². The maximum absolute atomic E-state index is 13.0. The molecule has 0 aromatic heterocycles. The third kappa shape index (κ3) is 7.11. The van der Waals surface area contributed by atoms with Gasteiger partial charge in [-0.3, -0.25) is 40.7 Å². The zero-order valence-electron chi connectivity index (χ0n) is 19.6. The van der Waals surface area contributed by atoms with Crippen molar-refractivity contribution in [2.45, 2.75) is 19.4 Å². The van der Waals surface area contributed by atoms with Gasteiger partial charge in [-0.15, -0.1) is 0 Å².